The van der Waals surface area contributed by atoms with E-state index < -0.39 is 0 Å². The largest absolute Gasteiger partial charge is 0.494 e. The highest BCUT2D eigenvalue weighted by Gasteiger charge is 2.29. The van der Waals surface area contributed by atoms with E-state index in [0.717, 1.165) is 29.2 Å². The molecule has 1 saturated heterocycles. The van der Waals surface area contributed by atoms with E-state index in [9.17, 15) is 4.79 Å². The van der Waals surface area contributed by atoms with Crippen molar-refractivity contribution in [2.75, 3.05) is 37.7 Å². The minimum absolute atomic E-state index is 0.109. The van der Waals surface area contributed by atoms with E-state index in [1.54, 1.807) is 11.0 Å². The molecule has 3 heterocycles. The van der Waals surface area contributed by atoms with Gasteiger partial charge in [-0.1, -0.05) is 42.5 Å². The van der Waals surface area contributed by atoms with Crippen molar-refractivity contribution in [3.05, 3.63) is 66.5 Å². The van der Waals surface area contributed by atoms with Gasteiger partial charge in [0.1, 0.15) is 12.1 Å². The molecule has 0 aliphatic carbocycles. The highest BCUT2D eigenvalue weighted by atomic mass is 16.5. The smallest absolute Gasteiger partial charge is 0.230 e. The van der Waals surface area contributed by atoms with Crippen LogP contribution in [-0.2, 0) is 4.79 Å². The van der Waals surface area contributed by atoms with Crippen LogP contribution in [0.15, 0.2) is 60.9 Å². The Morgan fingerprint density at radius 2 is 1.71 bits per heavy atom. The number of nitrogens with zero attached hydrogens (tertiary/aromatic N) is 7. The molecule has 180 valence electrons. The van der Waals surface area contributed by atoms with Gasteiger partial charge in [0.15, 0.2) is 17.0 Å². The van der Waals surface area contributed by atoms with Crippen LogP contribution in [-0.4, -0.2) is 68.6 Å². The van der Waals surface area contributed by atoms with E-state index in [1.165, 1.54) is 0 Å². The SMILES string of the molecule is CCOc1ccc(-n2nnc3c(N4CCN(C(=O)C(CC)c5ccccc5)CC4)ncnc32)cc1. The molecule has 9 nitrogen and oxygen atoms in total. The van der Waals surface area contributed by atoms with Crippen LogP contribution >= 0.6 is 0 Å². The average Bonchev–Trinajstić information content (AvgIpc) is 3.35. The molecule has 0 saturated carbocycles. The van der Waals surface area contributed by atoms with Crippen molar-refractivity contribution in [1.82, 2.24) is 29.9 Å². The summed E-state index contributed by atoms with van der Waals surface area (Å²) in [6, 6.07) is 17.7. The van der Waals surface area contributed by atoms with Crippen LogP contribution in [0.1, 0.15) is 31.7 Å². The number of anilines is 1. The third-order valence-electron chi connectivity index (χ3n) is 6.41. The van der Waals surface area contributed by atoms with E-state index in [0.29, 0.717) is 43.9 Å². The number of carbonyl (C=O) groups excluding carboxylic acids is 1. The molecule has 0 spiro atoms. The summed E-state index contributed by atoms with van der Waals surface area (Å²) in [4.78, 5) is 26.4. The number of amides is 1. The first-order valence-corrected chi connectivity index (χ1v) is 12.1. The van der Waals surface area contributed by atoms with Crippen molar-refractivity contribution >= 4 is 22.9 Å². The summed E-state index contributed by atoms with van der Waals surface area (Å²) < 4.78 is 7.24. The van der Waals surface area contributed by atoms with E-state index in [2.05, 4.69) is 32.1 Å². The monoisotopic (exact) mass is 471 g/mol. The Hall–Kier alpha value is -4.01. The van der Waals surface area contributed by atoms with Gasteiger partial charge in [0.25, 0.3) is 0 Å². The molecule has 0 bridgehead atoms. The first-order chi connectivity index (χ1) is 17.2. The lowest BCUT2D eigenvalue weighted by molar-refractivity contribution is -0.133. The van der Waals surface area contributed by atoms with Gasteiger partial charge in [-0.25, -0.2) is 9.97 Å². The summed E-state index contributed by atoms with van der Waals surface area (Å²) in [6.45, 7) is 7.28. The zero-order valence-corrected chi connectivity index (χ0v) is 20.0. The number of hydrogen-bond donors (Lipinski definition) is 0. The molecule has 4 aromatic rings. The quantitative estimate of drug-likeness (QED) is 0.408. The second-order valence-electron chi connectivity index (χ2n) is 8.48. The zero-order valence-electron chi connectivity index (χ0n) is 20.0. The number of fused-ring (bicyclic) bond motifs is 1. The van der Waals surface area contributed by atoms with Crippen LogP contribution in [0.4, 0.5) is 5.82 Å². The maximum absolute atomic E-state index is 13.3. The van der Waals surface area contributed by atoms with Crippen LogP contribution in [0, 0.1) is 0 Å². The number of carbonyl (C=O) groups is 1. The lowest BCUT2D eigenvalue weighted by atomic mass is 9.95. The molecule has 1 amide bonds. The van der Waals surface area contributed by atoms with Crippen molar-refractivity contribution in [2.45, 2.75) is 26.2 Å². The Balaban J connectivity index is 1.32. The van der Waals surface area contributed by atoms with Gasteiger partial charge in [-0.2, -0.15) is 4.68 Å². The van der Waals surface area contributed by atoms with E-state index in [1.807, 2.05) is 66.4 Å². The Morgan fingerprint density at radius 1 is 0.971 bits per heavy atom. The summed E-state index contributed by atoms with van der Waals surface area (Å²) in [5.41, 5.74) is 3.22. The number of benzene rings is 2. The lowest BCUT2D eigenvalue weighted by Crippen LogP contribution is -2.50. The predicted molar refractivity (Wildman–Crippen MR) is 134 cm³/mol. The number of rotatable bonds is 7. The van der Waals surface area contributed by atoms with Crippen LogP contribution < -0.4 is 9.64 Å². The van der Waals surface area contributed by atoms with Gasteiger partial charge in [-0.05, 0) is 43.2 Å². The molecule has 1 atom stereocenters. The third-order valence-corrected chi connectivity index (χ3v) is 6.41. The Kier molecular flexibility index (Phi) is 6.56. The van der Waals surface area contributed by atoms with Gasteiger partial charge in [0.05, 0.1) is 18.2 Å². The summed E-state index contributed by atoms with van der Waals surface area (Å²) >= 11 is 0. The molecule has 1 fully saturated rings. The molecule has 9 heteroatoms. The van der Waals surface area contributed by atoms with Gasteiger partial charge in [-0.15, -0.1) is 5.10 Å². The third kappa shape index (κ3) is 4.53. The van der Waals surface area contributed by atoms with Crippen molar-refractivity contribution in [3.63, 3.8) is 0 Å². The number of aromatic nitrogens is 5. The van der Waals surface area contributed by atoms with E-state index in [4.69, 9.17) is 4.74 Å². The highest BCUT2D eigenvalue weighted by molar-refractivity contribution is 5.85. The number of ether oxygens (including phenoxy) is 1. The first kappa shape index (κ1) is 22.8. The van der Waals surface area contributed by atoms with Crippen molar-refractivity contribution in [3.8, 4) is 11.4 Å². The standard InChI is InChI=1S/C26H29N7O2/c1-3-22(19-8-6-5-7-9-19)26(34)32-16-14-31(15-17-32)24-23-25(28-18-27-24)33(30-29-23)20-10-12-21(13-11-20)35-4-2/h5-13,18,22H,3-4,14-17H2,1-2H3. The van der Waals surface area contributed by atoms with Gasteiger partial charge >= 0.3 is 0 Å². The minimum Gasteiger partial charge on any atom is -0.494 e. The van der Waals surface area contributed by atoms with Crippen molar-refractivity contribution in [2.24, 2.45) is 0 Å². The second-order valence-corrected chi connectivity index (χ2v) is 8.48. The molecule has 2 aromatic heterocycles. The molecule has 35 heavy (non-hydrogen) atoms. The van der Waals surface area contributed by atoms with E-state index in [-0.39, 0.29) is 11.8 Å². The molecule has 0 N–H and O–H groups in total. The van der Waals surface area contributed by atoms with Crippen molar-refractivity contribution in [1.29, 1.82) is 0 Å². The Bertz CT molecular complexity index is 1280. The fraction of sp³-hybridized carbons (Fsp3) is 0.346. The van der Waals surface area contributed by atoms with E-state index >= 15 is 0 Å². The molecule has 5 rings (SSSR count). The zero-order chi connectivity index (χ0) is 24.2. The van der Waals surface area contributed by atoms with Gasteiger partial charge in [0.2, 0.25) is 5.91 Å². The van der Waals surface area contributed by atoms with Gasteiger partial charge in [-0.3, -0.25) is 4.79 Å². The van der Waals surface area contributed by atoms with Crippen LogP contribution in [0.25, 0.3) is 16.9 Å². The maximum Gasteiger partial charge on any atom is 0.230 e. The molecule has 1 unspecified atom stereocenters. The Morgan fingerprint density at radius 3 is 2.40 bits per heavy atom. The summed E-state index contributed by atoms with van der Waals surface area (Å²) in [6.07, 6.45) is 2.33. The summed E-state index contributed by atoms with van der Waals surface area (Å²) in [5.74, 6) is 1.63. The molecular formula is C26H29N7O2. The summed E-state index contributed by atoms with van der Waals surface area (Å²) in [7, 11) is 0. The van der Waals surface area contributed by atoms with Crippen LogP contribution in [0.2, 0.25) is 0 Å². The molecule has 0 radical (unpaired) electrons. The molecule has 1 aliphatic rings. The topological polar surface area (TPSA) is 89.3 Å². The van der Waals surface area contributed by atoms with Crippen molar-refractivity contribution < 1.29 is 9.53 Å². The van der Waals surface area contributed by atoms with Gasteiger partial charge in [0, 0.05) is 26.2 Å². The maximum atomic E-state index is 13.3. The fourth-order valence-electron chi connectivity index (χ4n) is 4.59. The minimum atomic E-state index is -0.109. The molecule has 2 aromatic carbocycles. The summed E-state index contributed by atoms with van der Waals surface area (Å²) in [5, 5.41) is 8.74. The van der Waals surface area contributed by atoms with Crippen LogP contribution in [0.3, 0.4) is 0 Å². The number of piperazine rings is 1. The Labute approximate surface area is 204 Å². The lowest BCUT2D eigenvalue weighted by Gasteiger charge is -2.37. The van der Waals surface area contributed by atoms with Gasteiger partial charge < -0.3 is 14.5 Å². The second kappa shape index (κ2) is 10.1. The normalized spacial score (nSPS) is 14.8. The highest BCUT2D eigenvalue weighted by Crippen LogP contribution is 2.26. The number of hydrogen-bond acceptors (Lipinski definition) is 7. The van der Waals surface area contributed by atoms with Crippen LogP contribution in [0.5, 0.6) is 5.75 Å². The fourth-order valence-corrected chi connectivity index (χ4v) is 4.59. The first-order valence-electron chi connectivity index (χ1n) is 12.1. The molecule has 1 aliphatic heterocycles. The molecular weight excluding hydrogens is 442 g/mol. The average molecular weight is 472 g/mol. The predicted octanol–water partition coefficient (Wildman–Crippen LogP) is 3.45.